The van der Waals surface area contributed by atoms with Crippen LogP contribution in [0.1, 0.15) is 65.2 Å². The van der Waals surface area contributed by atoms with Crippen molar-refractivity contribution < 1.29 is 0 Å². The van der Waals surface area contributed by atoms with E-state index in [0.29, 0.717) is 17.4 Å². The van der Waals surface area contributed by atoms with Crippen LogP contribution in [0.15, 0.2) is 0 Å². The smallest absolute Gasteiger partial charge is 0.0672 e. The Kier molecular flexibility index (Phi) is 4.67. The molecule has 2 fully saturated rings. The molecule has 2 aliphatic rings. The van der Waals surface area contributed by atoms with E-state index in [0.717, 1.165) is 6.42 Å². The van der Waals surface area contributed by atoms with Crippen molar-refractivity contribution in [3.8, 4) is 6.07 Å². The molecule has 2 atom stereocenters. The molecule has 1 aliphatic heterocycles. The zero-order valence-corrected chi connectivity index (χ0v) is 12.1. The standard InChI is InChI=1S/C16H28N2/c1-3-16(4-2)9-11-18(12-10-16)15-8-6-5-7-14(15)13-17/h14-15H,3-12H2,1-2H3. The molecular formula is C16H28N2. The molecule has 1 saturated heterocycles. The molecule has 2 rings (SSSR count). The molecule has 1 aliphatic carbocycles. The summed E-state index contributed by atoms with van der Waals surface area (Å²) in [4.78, 5) is 2.64. The Hall–Kier alpha value is -0.550. The Morgan fingerprint density at radius 1 is 1.11 bits per heavy atom. The molecule has 1 heterocycles. The SMILES string of the molecule is CCC1(CC)CCN(C2CCCCC2C#N)CC1. The normalized spacial score (nSPS) is 32.9. The molecule has 0 spiro atoms. The van der Waals surface area contributed by atoms with Crippen LogP contribution in [0, 0.1) is 22.7 Å². The van der Waals surface area contributed by atoms with Gasteiger partial charge in [-0.2, -0.15) is 5.26 Å². The highest BCUT2D eigenvalue weighted by molar-refractivity contribution is 4.97. The van der Waals surface area contributed by atoms with Crippen LogP contribution in [-0.4, -0.2) is 24.0 Å². The van der Waals surface area contributed by atoms with Gasteiger partial charge in [0.05, 0.1) is 12.0 Å². The molecule has 1 saturated carbocycles. The fourth-order valence-corrected chi connectivity index (χ4v) is 3.99. The van der Waals surface area contributed by atoms with Crippen molar-refractivity contribution in [2.24, 2.45) is 11.3 Å². The summed E-state index contributed by atoms with van der Waals surface area (Å²) >= 11 is 0. The van der Waals surface area contributed by atoms with E-state index in [-0.39, 0.29) is 0 Å². The summed E-state index contributed by atoms with van der Waals surface area (Å²) in [5.74, 6) is 0.300. The second kappa shape index (κ2) is 6.06. The van der Waals surface area contributed by atoms with Gasteiger partial charge >= 0.3 is 0 Å². The zero-order valence-electron chi connectivity index (χ0n) is 12.1. The highest BCUT2D eigenvalue weighted by Gasteiger charge is 2.36. The lowest BCUT2D eigenvalue weighted by Crippen LogP contribution is -2.48. The third-order valence-electron chi connectivity index (χ3n) is 5.72. The second-order valence-electron chi connectivity index (χ2n) is 6.33. The number of piperidine rings is 1. The molecule has 0 N–H and O–H groups in total. The maximum Gasteiger partial charge on any atom is 0.0672 e. The van der Waals surface area contributed by atoms with Gasteiger partial charge in [0.15, 0.2) is 0 Å². The molecule has 0 amide bonds. The monoisotopic (exact) mass is 248 g/mol. The molecule has 0 aromatic heterocycles. The Morgan fingerprint density at radius 2 is 1.72 bits per heavy atom. The Morgan fingerprint density at radius 3 is 2.28 bits per heavy atom. The first-order valence-electron chi connectivity index (χ1n) is 7.88. The van der Waals surface area contributed by atoms with E-state index in [1.807, 2.05) is 0 Å². The third-order valence-corrected chi connectivity index (χ3v) is 5.72. The number of hydrogen-bond donors (Lipinski definition) is 0. The molecule has 0 radical (unpaired) electrons. The topological polar surface area (TPSA) is 27.0 Å². The molecule has 0 aromatic rings. The van der Waals surface area contributed by atoms with E-state index in [4.69, 9.17) is 0 Å². The van der Waals surface area contributed by atoms with E-state index in [2.05, 4.69) is 24.8 Å². The van der Waals surface area contributed by atoms with Crippen molar-refractivity contribution in [2.75, 3.05) is 13.1 Å². The van der Waals surface area contributed by atoms with Crippen LogP contribution in [-0.2, 0) is 0 Å². The molecular weight excluding hydrogens is 220 g/mol. The van der Waals surface area contributed by atoms with Gasteiger partial charge in [-0.15, -0.1) is 0 Å². The van der Waals surface area contributed by atoms with Gasteiger partial charge in [0.1, 0.15) is 0 Å². The van der Waals surface area contributed by atoms with Crippen LogP contribution in [0.25, 0.3) is 0 Å². The third kappa shape index (κ3) is 2.72. The van der Waals surface area contributed by atoms with Crippen LogP contribution >= 0.6 is 0 Å². The van der Waals surface area contributed by atoms with Crippen LogP contribution in [0.5, 0.6) is 0 Å². The largest absolute Gasteiger partial charge is 0.299 e. The summed E-state index contributed by atoms with van der Waals surface area (Å²) in [5.41, 5.74) is 0.604. The number of nitrogens with zero attached hydrogens (tertiary/aromatic N) is 2. The average molecular weight is 248 g/mol. The minimum absolute atomic E-state index is 0.300. The minimum Gasteiger partial charge on any atom is -0.299 e. The van der Waals surface area contributed by atoms with Crippen molar-refractivity contribution in [3.63, 3.8) is 0 Å². The number of hydrogen-bond acceptors (Lipinski definition) is 2. The molecule has 2 heteroatoms. The first-order chi connectivity index (χ1) is 8.74. The van der Waals surface area contributed by atoms with Gasteiger partial charge in [-0.1, -0.05) is 39.5 Å². The van der Waals surface area contributed by atoms with E-state index < -0.39 is 0 Å². The molecule has 2 nitrogen and oxygen atoms in total. The molecule has 0 bridgehead atoms. The van der Waals surface area contributed by atoms with Crippen LogP contribution in [0.4, 0.5) is 0 Å². The average Bonchev–Trinajstić information content (AvgIpc) is 2.47. The predicted molar refractivity (Wildman–Crippen MR) is 75.2 cm³/mol. The van der Waals surface area contributed by atoms with E-state index in [1.54, 1.807) is 0 Å². The van der Waals surface area contributed by atoms with Crippen molar-refractivity contribution >= 4 is 0 Å². The predicted octanol–water partition coefficient (Wildman–Crippen LogP) is 3.97. The lowest BCUT2D eigenvalue weighted by molar-refractivity contribution is 0.0405. The molecule has 0 aromatic carbocycles. The summed E-state index contributed by atoms with van der Waals surface area (Å²) in [6.07, 6.45) is 10.3. The highest BCUT2D eigenvalue weighted by atomic mass is 15.2. The van der Waals surface area contributed by atoms with Gasteiger partial charge in [0.2, 0.25) is 0 Å². The fraction of sp³-hybridized carbons (Fsp3) is 0.938. The van der Waals surface area contributed by atoms with Crippen molar-refractivity contribution in [1.82, 2.24) is 4.90 Å². The van der Waals surface area contributed by atoms with Crippen LogP contribution < -0.4 is 0 Å². The Bertz CT molecular complexity index is 291. The summed E-state index contributed by atoms with van der Waals surface area (Å²) < 4.78 is 0. The van der Waals surface area contributed by atoms with Crippen molar-refractivity contribution in [2.45, 2.75) is 71.3 Å². The Labute approximate surface area is 112 Å². The molecule has 18 heavy (non-hydrogen) atoms. The maximum absolute atomic E-state index is 9.31. The first kappa shape index (κ1) is 13.9. The summed E-state index contributed by atoms with van der Waals surface area (Å²) in [5, 5.41) is 9.31. The Balaban J connectivity index is 1.94. The van der Waals surface area contributed by atoms with Crippen LogP contribution in [0.3, 0.4) is 0 Å². The lowest BCUT2D eigenvalue weighted by atomic mass is 9.73. The molecule has 2 unspecified atom stereocenters. The van der Waals surface area contributed by atoms with Gasteiger partial charge in [-0.25, -0.2) is 0 Å². The number of nitriles is 1. The molecule has 102 valence electrons. The number of rotatable bonds is 3. The summed E-state index contributed by atoms with van der Waals surface area (Å²) in [7, 11) is 0. The first-order valence-corrected chi connectivity index (χ1v) is 7.88. The fourth-order valence-electron chi connectivity index (χ4n) is 3.99. The quantitative estimate of drug-likeness (QED) is 0.755. The zero-order chi connectivity index (χ0) is 13.0. The highest BCUT2D eigenvalue weighted by Crippen LogP contribution is 2.40. The number of likely N-dealkylation sites (tertiary alicyclic amines) is 1. The summed E-state index contributed by atoms with van der Waals surface area (Å²) in [6, 6.07) is 3.12. The van der Waals surface area contributed by atoms with Gasteiger partial charge < -0.3 is 0 Å². The van der Waals surface area contributed by atoms with E-state index in [1.165, 1.54) is 58.0 Å². The maximum atomic E-state index is 9.31. The van der Waals surface area contributed by atoms with Gasteiger partial charge in [0, 0.05) is 6.04 Å². The second-order valence-corrected chi connectivity index (χ2v) is 6.33. The van der Waals surface area contributed by atoms with Gasteiger partial charge in [-0.05, 0) is 44.2 Å². The van der Waals surface area contributed by atoms with Gasteiger partial charge in [-0.3, -0.25) is 4.90 Å². The minimum atomic E-state index is 0.300. The van der Waals surface area contributed by atoms with Gasteiger partial charge in [0.25, 0.3) is 0 Å². The van der Waals surface area contributed by atoms with E-state index in [9.17, 15) is 5.26 Å². The van der Waals surface area contributed by atoms with Crippen LogP contribution in [0.2, 0.25) is 0 Å². The van der Waals surface area contributed by atoms with Crippen molar-refractivity contribution in [3.05, 3.63) is 0 Å². The van der Waals surface area contributed by atoms with E-state index >= 15 is 0 Å². The van der Waals surface area contributed by atoms with Crippen molar-refractivity contribution in [1.29, 1.82) is 5.26 Å². The lowest BCUT2D eigenvalue weighted by Gasteiger charge is -2.46. The summed E-state index contributed by atoms with van der Waals surface area (Å²) in [6.45, 7) is 7.14.